The topological polar surface area (TPSA) is 39.6 Å². The Morgan fingerprint density at radius 1 is 1.27 bits per heavy atom. The van der Waals surface area contributed by atoms with E-state index in [1.165, 1.54) is 16.0 Å². The molecule has 140 valence electrons. The average Bonchev–Trinajstić information content (AvgIpc) is 3.10. The van der Waals surface area contributed by atoms with E-state index < -0.39 is 0 Å². The molecule has 1 atom stereocenters. The Balaban J connectivity index is 1.60. The molecule has 0 unspecified atom stereocenters. The minimum atomic E-state index is 0.253. The summed E-state index contributed by atoms with van der Waals surface area (Å²) in [7, 11) is 0. The molecular weight excluding hydrogens is 342 g/mol. The Labute approximate surface area is 160 Å². The van der Waals surface area contributed by atoms with Crippen molar-refractivity contribution in [2.45, 2.75) is 32.9 Å². The minimum absolute atomic E-state index is 0.253. The molecule has 1 aliphatic rings. The van der Waals surface area contributed by atoms with Gasteiger partial charge in [-0.15, -0.1) is 11.3 Å². The summed E-state index contributed by atoms with van der Waals surface area (Å²) in [6.07, 6.45) is 5.14. The number of rotatable bonds is 7. The zero-order valence-corrected chi connectivity index (χ0v) is 16.6. The molecule has 1 fully saturated rings. The predicted octanol–water partition coefficient (Wildman–Crippen LogP) is 3.64. The van der Waals surface area contributed by atoms with E-state index in [-0.39, 0.29) is 6.61 Å². The van der Waals surface area contributed by atoms with E-state index >= 15 is 0 Å². The third-order valence-corrected chi connectivity index (χ3v) is 5.87. The van der Waals surface area contributed by atoms with Crippen LogP contribution >= 0.6 is 11.3 Å². The van der Waals surface area contributed by atoms with Crippen molar-refractivity contribution in [3.63, 3.8) is 0 Å². The maximum atomic E-state index is 9.45. The van der Waals surface area contributed by atoms with Crippen LogP contribution in [-0.2, 0) is 6.54 Å². The molecule has 2 heterocycles. The van der Waals surface area contributed by atoms with Gasteiger partial charge in [0.2, 0.25) is 0 Å². The molecule has 1 aromatic heterocycles. The lowest BCUT2D eigenvalue weighted by Crippen LogP contribution is -2.52. The van der Waals surface area contributed by atoms with Crippen LogP contribution in [0.2, 0.25) is 0 Å². The first-order valence-electron chi connectivity index (χ1n) is 9.36. The van der Waals surface area contributed by atoms with E-state index in [4.69, 9.17) is 0 Å². The molecule has 0 saturated carbocycles. The molecule has 1 saturated heterocycles. The number of allylic oxidation sites excluding steroid dienone is 1. The van der Waals surface area contributed by atoms with Crippen molar-refractivity contribution in [3.05, 3.63) is 53.1 Å². The number of benzene rings is 1. The zero-order chi connectivity index (χ0) is 18.4. The van der Waals surface area contributed by atoms with Crippen molar-refractivity contribution in [2.24, 2.45) is 0 Å². The highest BCUT2D eigenvalue weighted by molar-refractivity contribution is 7.15. The molecule has 1 N–H and O–H groups in total. The number of hydrogen-bond acceptors (Lipinski definition) is 5. The van der Waals surface area contributed by atoms with E-state index in [2.05, 4.69) is 59.0 Å². The van der Waals surface area contributed by atoms with E-state index in [1.807, 2.05) is 12.3 Å². The molecule has 1 aliphatic heterocycles. The molecule has 2 aromatic rings. The first-order valence-corrected chi connectivity index (χ1v) is 10.2. The monoisotopic (exact) mass is 371 g/mol. The maximum absolute atomic E-state index is 9.45. The van der Waals surface area contributed by atoms with Gasteiger partial charge in [-0.25, -0.2) is 4.98 Å². The smallest absolute Gasteiger partial charge is 0.123 e. The Hall–Kier alpha value is -1.53. The number of aliphatic hydroxyl groups excluding tert-OH is 1. The molecule has 0 radical (unpaired) electrons. The van der Waals surface area contributed by atoms with E-state index in [0.29, 0.717) is 6.04 Å². The zero-order valence-electron chi connectivity index (χ0n) is 15.8. The van der Waals surface area contributed by atoms with Gasteiger partial charge in [0, 0.05) is 62.0 Å². The number of aromatic nitrogens is 1. The van der Waals surface area contributed by atoms with E-state index in [0.717, 1.165) is 44.2 Å². The predicted molar refractivity (Wildman–Crippen MR) is 109 cm³/mol. The summed E-state index contributed by atoms with van der Waals surface area (Å²) in [5.74, 6) is 0. The van der Waals surface area contributed by atoms with Gasteiger partial charge in [0.25, 0.3) is 0 Å². The molecule has 0 aliphatic carbocycles. The van der Waals surface area contributed by atoms with Crippen LogP contribution < -0.4 is 0 Å². The standard InChI is InChI=1S/C21H29N3OS/c1-17(2)8-10-24-12-11-23(15-19(24)9-13-25)16-20-14-22-21(26-20)18-6-4-3-5-7-18/h3-8,14,19,25H,9-13,15-16H2,1-2H3/t19-/m1/s1. The largest absolute Gasteiger partial charge is 0.396 e. The van der Waals surface area contributed by atoms with Crippen LogP contribution in [0.5, 0.6) is 0 Å². The summed E-state index contributed by atoms with van der Waals surface area (Å²) in [4.78, 5) is 10.9. The summed E-state index contributed by atoms with van der Waals surface area (Å²) in [5.41, 5.74) is 2.54. The molecule has 3 rings (SSSR count). The van der Waals surface area contributed by atoms with Crippen molar-refractivity contribution < 1.29 is 5.11 Å². The van der Waals surface area contributed by atoms with Crippen molar-refractivity contribution in [3.8, 4) is 10.6 Å². The Bertz CT molecular complexity index is 709. The number of hydrogen-bond donors (Lipinski definition) is 1. The lowest BCUT2D eigenvalue weighted by atomic mass is 10.1. The highest BCUT2D eigenvalue weighted by Gasteiger charge is 2.26. The molecule has 1 aromatic carbocycles. The van der Waals surface area contributed by atoms with Gasteiger partial charge in [0.05, 0.1) is 0 Å². The fraction of sp³-hybridized carbons (Fsp3) is 0.476. The molecular formula is C21H29N3OS. The first-order chi connectivity index (χ1) is 12.7. The summed E-state index contributed by atoms with van der Waals surface area (Å²) < 4.78 is 0. The molecule has 4 nitrogen and oxygen atoms in total. The molecule has 0 bridgehead atoms. The van der Waals surface area contributed by atoms with Crippen LogP contribution in [0.1, 0.15) is 25.1 Å². The van der Waals surface area contributed by atoms with Crippen molar-refractivity contribution in [1.29, 1.82) is 0 Å². The van der Waals surface area contributed by atoms with Crippen molar-refractivity contribution in [1.82, 2.24) is 14.8 Å². The quantitative estimate of drug-likeness (QED) is 0.754. The summed E-state index contributed by atoms with van der Waals surface area (Å²) in [6, 6.07) is 10.8. The van der Waals surface area contributed by atoms with Crippen molar-refractivity contribution in [2.75, 3.05) is 32.8 Å². The van der Waals surface area contributed by atoms with Gasteiger partial charge in [-0.05, 0) is 20.3 Å². The van der Waals surface area contributed by atoms with Gasteiger partial charge >= 0.3 is 0 Å². The van der Waals surface area contributed by atoms with E-state index in [9.17, 15) is 5.11 Å². The summed E-state index contributed by atoms with van der Waals surface area (Å²) in [5, 5.41) is 10.5. The molecule has 5 heteroatoms. The van der Waals surface area contributed by atoms with E-state index in [1.54, 1.807) is 11.3 Å². The van der Waals surface area contributed by atoms with Crippen LogP contribution in [0.25, 0.3) is 10.6 Å². The number of nitrogens with zero attached hydrogens (tertiary/aromatic N) is 3. The van der Waals surface area contributed by atoms with Crippen LogP contribution in [0, 0.1) is 0 Å². The average molecular weight is 372 g/mol. The number of piperazine rings is 1. The van der Waals surface area contributed by atoms with Crippen LogP contribution in [0.3, 0.4) is 0 Å². The normalized spacial score (nSPS) is 18.8. The Morgan fingerprint density at radius 2 is 2.08 bits per heavy atom. The lowest BCUT2D eigenvalue weighted by molar-refractivity contribution is 0.0642. The third kappa shape index (κ3) is 5.24. The Kier molecular flexibility index (Phi) is 6.97. The highest BCUT2D eigenvalue weighted by Crippen LogP contribution is 2.26. The highest BCUT2D eigenvalue weighted by atomic mass is 32.1. The van der Waals surface area contributed by atoms with Gasteiger partial charge in [0.1, 0.15) is 5.01 Å². The molecule has 26 heavy (non-hydrogen) atoms. The van der Waals surface area contributed by atoms with Gasteiger partial charge in [-0.3, -0.25) is 9.80 Å². The second-order valence-electron chi connectivity index (χ2n) is 7.18. The van der Waals surface area contributed by atoms with Crippen LogP contribution in [-0.4, -0.2) is 58.7 Å². The third-order valence-electron chi connectivity index (χ3n) is 4.84. The Morgan fingerprint density at radius 3 is 2.81 bits per heavy atom. The number of thiazole rings is 1. The van der Waals surface area contributed by atoms with Gasteiger partial charge in [0.15, 0.2) is 0 Å². The molecule has 0 amide bonds. The number of aliphatic hydroxyl groups is 1. The van der Waals surface area contributed by atoms with Gasteiger partial charge in [-0.1, -0.05) is 42.0 Å². The summed E-state index contributed by atoms with van der Waals surface area (Å²) in [6.45, 7) is 9.60. The SMILES string of the molecule is CC(C)=CCN1CCN(Cc2cnc(-c3ccccc3)s2)C[C@H]1CCO. The fourth-order valence-electron chi connectivity index (χ4n) is 3.38. The maximum Gasteiger partial charge on any atom is 0.123 e. The van der Waals surface area contributed by atoms with Crippen LogP contribution in [0.4, 0.5) is 0 Å². The van der Waals surface area contributed by atoms with Gasteiger partial charge in [-0.2, -0.15) is 0 Å². The summed E-state index contributed by atoms with van der Waals surface area (Å²) >= 11 is 1.78. The lowest BCUT2D eigenvalue weighted by Gasteiger charge is -2.41. The van der Waals surface area contributed by atoms with Crippen molar-refractivity contribution >= 4 is 11.3 Å². The van der Waals surface area contributed by atoms with Crippen LogP contribution in [0.15, 0.2) is 48.2 Å². The molecule has 0 spiro atoms. The van der Waals surface area contributed by atoms with Gasteiger partial charge < -0.3 is 5.11 Å². The fourth-order valence-corrected chi connectivity index (χ4v) is 4.34. The second-order valence-corrected chi connectivity index (χ2v) is 8.29. The minimum Gasteiger partial charge on any atom is -0.396 e. The second kappa shape index (κ2) is 9.42. The first kappa shape index (κ1) is 19.2.